The highest BCUT2D eigenvalue weighted by atomic mass is 28.4. The van der Waals surface area contributed by atoms with Crippen LogP contribution in [-0.4, -0.2) is 31.5 Å². The van der Waals surface area contributed by atoms with Crippen molar-refractivity contribution < 1.29 is 31.5 Å². The molecule has 1 aliphatic carbocycles. The lowest BCUT2D eigenvalue weighted by Crippen LogP contribution is -2.45. The molecule has 3 aliphatic rings. The van der Waals surface area contributed by atoms with Gasteiger partial charge in [-0.05, 0) is 53.9 Å². The highest BCUT2D eigenvalue weighted by Crippen LogP contribution is 2.59. The molecule has 0 saturated carbocycles. The van der Waals surface area contributed by atoms with E-state index in [-0.39, 0.29) is 28.2 Å². The number of alkyl halides is 3. The lowest BCUT2D eigenvalue weighted by atomic mass is 9.70. The monoisotopic (exact) mass is 608 g/mol. The molecule has 10 heteroatoms. The van der Waals surface area contributed by atoms with E-state index in [0.29, 0.717) is 38.3 Å². The van der Waals surface area contributed by atoms with E-state index in [1.807, 2.05) is 13.8 Å². The molecular weight excluding hydrogens is 564 g/mol. The van der Waals surface area contributed by atoms with Gasteiger partial charge in [0.1, 0.15) is 17.6 Å². The van der Waals surface area contributed by atoms with Crippen LogP contribution in [0.15, 0.2) is 12.3 Å². The van der Waals surface area contributed by atoms with Gasteiger partial charge in [-0.25, -0.2) is 4.39 Å². The van der Waals surface area contributed by atoms with Crippen LogP contribution in [-0.2, 0) is 32.1 Å². The Kier molecular flexibility index (Phi) is 7.77. The Balaban J connectivity index is 1.79. The zero-order valence-corrected chi connectivity index (χ0v) is 27.3. The Hall–Kier alpha value is -1.88. The summed E-state index contributed by atoms with van der Waals surface area (Å²) in [5, 5.41) is -0.0219. The first-order valence-electron chi connectivity index (χ1n) is 15.0. The number of pyridine rings is 2. The number of nitrogens with zero attached hydrogens (tertiary/aromatic N) is 2. The van der Waals surface area contributed by atoms with Gasteiger partial charge in [-0.1, -0.05) is 48.5 Å². The first-order chi connectivity index (χ1) is 19.3. The first kappa shape index (κ1) is 31.5. The van der Waals surface area contributed by atoms with E-state index in [4.69, 9.17) is 18.9 Å². The second-order valence-corrected chi connectivity index (χ2v) is 19.7. The average Bonchev–Trinajstić information content (AvgIpc) is 3.15. The topological polar surface area (TPSA) is 53.5 Å². The van der Waals surface area contributed by atoms with E-state index >= 15 is 4.39 Å². The third-order valence-electron chi connectivity index (χ3n) is 9.68. The number of rotatable bonds is 4. The van der Waals surface area contributed by atoms with Crippen LogP contribution >= 0.6 is 0 Å². The van der Waals surface area contributed by atoms with Crippen LogP contribution in [0.5, 0.6) is 0 Å². The zero-order chi connectivity index (χ0) is 31.0. The number of aromatic nitrogens is 2. The average molecular weight is 609 g/mol. The Bertz CT molecular complexity index is 1360. The molecule has 42 heavy (non-hydrogen) atoms. The van der Waals surface area contributed by atoms with Gasteiger partial charge in [0, 0.05) is 54.8 Å². The van der Waals surface area contributed by atoms with Crippen molar-refractivity contribution in [3.63, 3.8) is 0 Å². The molecule has 5 nitrogen and oxygen atoms in total. The maximum Gasteiger partial charge on any atom is 0.417 e. The highest BCUT2D eigenvalue weighted by Gasteiger charge is 2.54. The SMILES string of the molecule is CC(C)c1nc2c(c3c1[C@@H](c1ncc(C(F)(F)F)cc1F)OC31CCOCC1)C(O[Si](C)(C)C(C)(C)C)CC(C)(C)C2. The van der Waals surface area contributed by atoms with Crippen molar-refractivity contribution in [2.24, 2.45) is 5.41 Å². The molecule has 0 amide bonds. The van der Waals surface area contributed by atoms with Crippen molar-refractivity contribution in [3.05, 3.63) is 57.4 Å². The minimum atomic E-state index is -4.70. The molecule has 1 saturated heterocycles. The number of ether oxygens (including phenoxy) is 2. The Morgan fingerprint density at radius 1 is 1.07 bits per heavy atom. The molecule has 2 atom stereocenters. The molecule has 232 valence electrons. The fourth-order valence-electron chi connectivity index (χ4n) is 6.53. The van der Waals surface area contributed by atoms with Crippen molar-refractivity contribution in [1.82, 2.24) is 9.97 Å². The van der Waals surface area contributed by atoms with Gasteiger partial charge in [0.15, 0.2) is 8.32 Å². The van der Waals surface area contributed by atoms with Crippen molar-refractivity contribution in [2.45, 2.75) is 122 Å². The Labute approximate surface area is 247 Å². The Morgan fingerprint density at radius 3 is 2.26 bits per heavy atom. The maximum absolute atomic E-state index is 15.6. The number of fused-ring (bicyclic) bond motifs is 4. The van der Waals surface area contributed by atoms with Crippen LogP contribution < -0.4 is 0 Å². The van der Waals surface area contributed by atoms with Crippen molar-refractivity contribution in [3.8, 4) is 0 Å². The van der Waals surface area contributed by atoms with Crippen LogP contribution in [0.4, 0.5) is 17.6 Å². The summed E-state index contributed by atoms with van der Waals surface area (Å²) in [6.07, 6.45) is -2.58. The lowest BCUT2D eigenvalue weighted by molar-refractivity contribution is -0.138. The fourth-order valence-corrected chi connectivity index (χ4v) is 7.79. The van der Waals surface area contributed by atoms with E-state index in [1.165, 1.54) is 0 Å². The van der Waals surface area contributed by atoms with E-state index in [9.17, 15) is 13.2 Å². The molecule has 2 aromatic heterocycles. The minimum absolute atomic E-state index is 0.0219. The third-order valence-corrected chi connectivity index (χ3v) is 14.2. The molecule has 2 aliphatic heterocycles. The summed E-state index contributed by atoms with van der Waals surface area (Å²) in [5.74, 6) is -1.07. The zero-order valence-electron chi connectivity index (χ0n) is 26.3. The summed E-state index contributed by atoms with van der Waals surface area (Å²) in [6, 6.07) is 0.521. The summed E-state index contributed by atoms with van der Waals surface area (Å²) in [5.41, 5.74) is 2.37. The fraction of sp³-hybridized carbons (Fsp3) is 0.688. The predicted octanol–water partition coefficient (Wildman–Crippen LogP) is 8.92. The summed E-state index contributed by atoms with van der Waals surface area (Å²) in [7, 11) is -2.24. The normalized spacial score (nSPS) is 23.8. The number of halogens is 4. The van der Waals surface area contributed by atoms with Crippen LogP contribution in [0, 0.1) is 11.2 Å². The van der Waals surface area contributed by atoms with Gasteiger partial charge in [0.2, 0.25) is 0 Å². The first-order valence-corrected chi connectivity index (χ1v) is 17.9. The minimum Gasteiger partial charge on any atom is -0.410 e. The van der Waals surface area contributed by atoms with Gasteiger partial charge in [-0.15, -0.1) is 0 Å². The molecule has 5 rings (SSSR count). The lowest BCUT2D eigenvalue weighted by Gasteiger charge is -2.46. The van der Waals surface area contributed by atoms with Crippen LogP contribution in [0.3, 0.4) is 0 Å². The van der Waals surface area contributed by atoms with Crippen molar-refractivity contribution in [2.75, 3.05) is 13.2 Å². The number of hydrogen-bond acceptors (Lipinski definition) is 5. The summed E-state index contributed by atoms with van der Waals surface area (Å²) < 4.78 is 75.6. The summed E-state index contributed by atoms with van der Waals surface area (Å²) >= 11 is 0. The molecule has 0 N–H and O–H groups in total. The Morgan fingerprint density at radius 2 is 1.71 bits per heavy atom. The van der Waals surface area contributed by atoms with E-state index < -0.39 is 37.6 Å². The molecule has 1 unspecified atom stereocenters. The standard InChI is InChI=1S/C32H44F4N2O3Si/c1-18(2)26-24-25(23-21(38-26)15-30(6,7)16-22(23)41-42(8,9)29(3,4)5)31(10-12-39-13-11-31)40-28(24)27-20(33)14-19(17-37-27)32(34,35)36/h14,17-18,22,28H,10-13,15-16H2,1-9H3/t22?,28-/m0/s1. The van der Waals surface area contributed by atoms with E-state index in [0.717, 1.165) is 40.9 Å². The van der Waals surface area contributed by atoms with Gasteiger partial charge < -0.3 is 13.9 Å². The molecule has 1 fully saturated rings. The van der Waals surface area contributed by atoms with Gasteiger partial charge >= 0.3 is 6.18 Å². The molecular formula is C32H44F4N2O3Si. The predicted molar refractivity (Wildman–Crippen MR) is 155 cm³/mol. The van der Waals surface area contributed by atoms with Gasteiger partial charge in [-0.3, -0.25) is 9.97 Å². The number of hydrogen-bond donors (Lipinski definition) is 0. The van der Waals surface area contributed by atoms with Crippen LogP contribution in [0.1, 0.15) is 125 Å². The molecule has 2 aromatic rings. The summed E-state index contributed by atoms with van der Waals surface area (Å²) in [4.78, 5) is 9.30. The van der Waals surface area contributed by atoms with Gasteiger partial charge in [0.05, 0.1) is 17.3 Å². The molecule has 0 aromatic carbocycles. The molecule has 4 heterocycles. The van der Waals surface area contributed by atoms with Gasteiger partial charge in [0.25, 0.3) is 0 Å². The molecule has 0 bridgehead atoms. The van der Waals surface area contributed by atoms with Crippen molar-refractivity contribution in [1.29, 1.82) is 0 Å². The molecule has 1 spiro atoms. The molecule has 0 radical (unpaired) electrons. The van der Waals surface area contributed by atoms with Crippen molar-refractivity contribution >= 4 is 8.32 Å². The second-order valence-electron chi connectivity index (χ2n) is 14.9. The van der Waals surface area contributed by atoms with Crippen LogP contribution in [0.2, 0.25) is 18.1 Å². The maximum atomic E-state index is 15.6. The van der Waals surface area contributed by atoms with E-state index in [1.54, 1.807) is 0 Å². The van der Waals surface area contributed by atoms with E-state index in [2.05, 4.69) is 52.7 Å². The quantitative estimate of drug-likeness (QED) is 0.256. The van der Waals surface area contributed by atoms with Gasteiger partial charge in [-0.2, -0.15) is 13.2 Å². The third kappa shape index (κ3) is 5.45. The second kappa shape index (κ2) is 10.3. The van der Waals surface area contributed by atoms with Crippen LogP contribution in [0.25, 0.3) is 0 Å². The smallest absolute Gasteiger partial charge is 0.410 e. The largest absolute Gasteiger partial charge is 0.417 e. The highest BCUT2D eigenvalue weighted by molar-refractivity contribution is 6.74. The summed E-state index contributed by atoms with van der Waals surface area (Å²) in [6.45, 7) is 20.6.